The summed E-state index contributed by atoms with van der Waals surface area (Å²) >= 11 is 6.29. The molecule has 1 saturated carbocycles. The van der Waals surface area contributed by atoms with E-state index >= 15 is 0 Å². The van der Waals surface area contributed by atoms with E-state index in [0.717, 1.165) is 37.9 Å². The van der Waals surface area contributed by atoms with E-state index in [1.807, 2.05) is 29.2 Å². The van der Waals surface area contributed by atoms with Crippen molar-refractivity contribution in [2.24, 2.45) is 11.3 Å². The standard InChI is InChI=1S/C18H23ClN2O2/c19-15-4-2-1-3-13(15)16-12-21(9-10-23-16)17(22)14-11-18(14)5-7-20-8-6-18/h1-4,14,16,20H,5-12H2. The number of hydrogen-bond acceptors (Lipinski definition) is 3. The zero-order chi connectivity index (χ0) is 15.9. The van der Waals surface area contributed by atoms with Gasteiger partial charge in [-0.1, -0.05) is 29.8 Å². The van der Waals surface area contributed by atoms with Crippen molar-refractivity contribution in [2.75, 3.05) is 32.8 Å². The Morgan fingerprint density at radius 2 is 2.09 bits per heavy atom. The van der Waals surface area contributed by atoms with Crippen LogP contribution in [0.15, 0.2) is 24.3 Å². The Labute approximate surface area is 142 Å². The summed E-state index contributed by atoms with van der Waals surface area (Å²) in [5, 5.41) is 4.11. The van der Waals surface area contributed by atoms with E-state index in [1.165, 1.54) is 0 Å². The Bertz CT molecular complexity index is 600. The summed E-state index contributed by atoms with van der Waals surface area (Å²) < 4.78 is 5.87. The number of carbonyl (C=O) groups is 1. The van der Waals surface area contributed by atoms with Gasteiger partial charge in [-0.15, -0.1) is 0 Å². The minimum absolute atomic E-state index is 0.107. The van der Waals surface area contributed by atoms with Crippen LogP contribution in [-0.4, -0.2) is 43.6 Å². The summed E-state index contributed by atoms with van der Waals surface area (Å²) in [6.07, 6.45) is 3.24. The summed E-state index contributed by atoms with van der Waals surface area (Å²) in [6.45, 7) is 4.01. The van der Waals surface area contributed by atoms with Crippen molar-refractivity contribution in [3.05, 3.63) is 34.9 Å². The van der Waals surface area contributed by atoms with Crippen LogP contribution in [0.5, 0.6) is 0 Å². The van der Waals surface area contributed by atoms with Crippen molar-refractivity contribution in [2.45, 2.75) is 25.4 Å². The molecule has 4 nitrogen and oxygen atoms in total. The molecule has 124 valence electrons. The molecule has 1 aromatic rings. The highest BCUT2D eigenvalue weighted by Crippen LogP contribution is 2.59. The molecule has 1 spiro atoms. The molecule has 4 rings (SSSR count). The van der Waals surface area contributed by atoms with Crippen LogP contribution in [0.1, 0.15) is 30.9 Å². The second kappa shape index (κ2) is 6.08. The number of nitrogens with zero attached hydrogens (tertiary/aromatic N) is 1. The van der Waals surface area contributed by atoms with Gasteiger partial charge in [0.1, 0.15) is 6.10 Å². The van der Waals surface area contributed by atoms with Crippen LogP contribution < -0.4 is 5.32 Å². The van der Waals surface area contributed by atoms with Crippen molar-refractivity contribution in [3.8, 4) is 0 Å². The van der Waals surface area contributed by atoms with Gasteiger partial charge in [0.2, 0.25) is 5.91 Å². The number of benzene rings is 1. The molecule has 2 saturated heterocycles. The van der Waals surface area contributed by atoms with Crippen molar-refractivity contribution in [3.63, 3.8) is 0 Å². The van der Waals surface area contributed by atoms with Crippen molar-refractivity contribution in [1.82, 2.24) is 10.2 Å². The first kappa shape index (κ1) is 15.4. The molecule has 0 radical (unpaired) electrons. The minimum atomic E-state index is -0.107. The van der Waals surface area contributed by atoms with Gasteiger partial charge in [-0.3, -0.25) is 4.79 Å². The molecule has 5 heteroatoms. The molecule has 3 aliphatic rings. The van der Waals surface area contributed by atoms with E-state index in [4.69, 9.17) is 16.3 Å². The Kier molecular flexibility index (Phi) is 4.08. The molecule has 1 N–H and O–H groups in total. The number of piperidine rings is 1. The lowest BCUT2D eigenvalue weighted by Gasteiger charge is -2.34. The van der Waals surface area contributed by atoms with Gasteiger partial charge in [0.25, 0.3) is 0 Å². The molecule has 23 heavy (non-hydrogen) atoms. The van der Waals surface area contributed by atoms with Crippen LogP contribution in [-0.2, 0) is 9.53 Å². The van der Waals surface area contributed by atoms with Crippen LogP contribution in [0.4, 0.5) is 0 Å². The molecule has 0 bridgehead atoms. The van der Waals surface area contributed by atoms with E-state index in [0.29, 0.717) is 36.0 Å². The van der Waals surface area contributed by atoms with Crippen LogP contribution in [0.2, 0.25) is 5.02 Å². The zero-order valence-corrected chi connectivity index (χ0v) is 14.0. The topological polar surface area (TPSA) is 41.6 Å². The first-order valence-corrected chi connectivity index (χ1v) is 8.93. The maximum atomic E-state index is 12.9. The smallest absolute Gasteiger partial charge is 0.226 e. The van der Waals surface area contributed by atoms with Gasteiger partial charge in [0.05, 0.1) is 13.2 Å². The third kappa shape index (κ3) is 2.88. The van der Waals surface area contributed by atoms with Gasteiger partial charge in [-0.2, -0.15) is 0 Å². The number of morpholine rings is 1. The molecule has 2 unspecified atom stereocenters. The van der Waals surface area contributed by atoms with Gasteiger partial charge in [0.15, 0.2) is 0 Å². The number of halogens is 1. The van der Waals surface area contributed by atoms with E-state index in [9.17, 15) is 4.79 Å². The number of nitrogens with one attached hydrogen (secondary N) is 1. The predicted octanol–water partition coefficient (Wildman–Crippen LogP) is 2.63. The fourth-order valence-electron chi connectivity index (χ4n) is 4.17. The minimum Gasteiger partial charge on any atom is -0.370 e. The van der Waals surface area contributed by atoms with E-state index < -0.39 is 0 Å². The Hall–Kier alpha value is -1.10. The van der Waals surface area contributed by atoms with Gasteiger partial charge < -0.3 is 15.0 Å². The second-order valence-electron chi connectivity index (χ2n) is 7.03. The molecular formula is C18H23ClN2O2. The average molecular weight is 335 g/mol. The van der Waals surface area contributed by atoms with Crippen molar-refractivity contribution in [1.29, 1.82) is 0 Å². The third-order valence-electron chi connectivity index (χ3n) is 5.72. The predicted molar refractivity (Wildman–Crippen MR) is 89.4 cm³/mol. The lowest BCUT2D eigenvalue weighted by atomic mass is 9.91. The van der Waals surface area contributed by atoms with E-state index in [1.54, 1.807) is 0 Å². The molecule has 1 aliphatic carbocycles. The second-order valence-corrected chi connectivity index (χ2v) is 7.44. The van der Waals surface area contributed by atoms with Gasteiger partial charge in [-0.25, -0.2) is 0 Å². The normalized spacial score (nSPS) is 29.5. The van der Waals surface area contributed by atoms with Crippen molar-refractivity contribution >= 4 is 17.5 Å². The van der Waals surface area contributed by atoms with Crippen molar-refractivity contribution < 1.29 is 9.53 Å². The zero-order valence-electron chi connectivity index (χ0n) is 13.3. The monoisotopic (exact) mass is 334 g/mol. The average Bonchev–Trinajstić information content (AvgIpc) is 3.28. The number of amides is 1. The largest absolute Gasteiger partial charge is 0.370 e. The summed E-state index contributed by atoms with van der Waals surface area (Å²) in [7, 11) is 0. The molecule has 1 amide bonds. The van der Waals surface area contributed by atoms with Gasteiger partial charge >= 0.3 is 0 Å². The molecule has 2 aliphatic heterocycles. The van der Waals surface area contributed by atoms with Gasteiger partial charge in [0, 0.05) is 23.0 Å². The van der Waals surface area contributed by atoms with E-state index in [-0.39, 0.29) is 12.0 Å². The molecule has 1 aromatic carbocycles. The lowest BCUT2D eigenvalue weighted by Crippen LogP contribution is -2.44. The highest BCUT2D eigenvalue weighted by molar-refractivity contribution is 6.31. The number of hydrogen-bond donors (Lipinski definition) is 1. The van der Waals surface area contributed by atoms with Gasteiger partial charge in [-0.05, 0) is 43.8 Å². The number of rotatable bonds is 2. The summed E-state index contributed by atoms with van der Waals surface area (Å²) in [5.41, 5.74) is 1.28. The maximum absolute atomic E-state index is 12.9. The lowest BCUT2D eigenvalue weighted by molar-refractivity contribution is -0.141. The summed E-state index contributed by atoms with van der Waals surface area (Å²) in [5.74, 6) is 0.557. The quantitative estimate of drug-likeness (QED) is 0.904. The Morgan fingerprint density at radius 1 is 1.30 bits per heavy atom. The fourth-order valence-corrected chi connectivity index (χ4v) is 4.43. The highest BCUT2D eigenvalue weighted by Gasteiger charge is 2.58. The van der Waals surface area contributed by atoms with Crippen LogP contribution in [0, 0.1) is 11.3 Å². The summed E-state index contributed by atoms with van der Waals surface area (Å²) in [4.78, 5) is 14.9. The van der Waals surface area contributed by atoms with Crippen LogP contribution in [0.25, 0.3) is 0 Å². The van der Waals surface area contributed by atoms with Crippen LogP contribution >= 0.6 is 11.6 Å². The van der Waals surface area contributed by atoms with E-state index in [2.05, 4.69) is 5.32 Å². The fraction of sp³-hybridized carbons (Fsp3) is 0.611. The molecular weight excluding hydrogens is 312 g/mol. The molecule has 2 heterocycles. The SMILES string of the molecule is O=C(C1CC12CCNCC2)N1CCOC(c2ccccc2Cl)C1. The summed E-state index contributed by atoms with van der Waals surface area (Å²) in [6, 6.07) is 7.76. The first-order chi connectivity index (χ1) is 11.2. The highest BCUT2D eigenvalue weighted by atomic mass is 35.5. The maximum Gasteiger partial charge on any atom is 0.226 e. The molecule has 3 fully saturated rings. The first-order valence-electron chi connectivity index (χ1n) is 8.55. The molecule has 0 aromatic heterocycles. The molecule has 2 atom stereocenters. The van der Waals surface area contributed by atoms with Crippen LogP contribution in [0.3, 0.4) is 0 Å². The Morgan fingerprint density at radius 3 is 2.87 bits per heavy atom. The third-order valence-corrected chi connectivity index (χ3v) is 6.06. The number of carbonyl (C=O) groups excluding carboxylic acids is 1. The Balaban J connectivity index is 1.44. The number of ether oxygens (including phenoxy) is 1.